The fourth-order valence-electron chi connectivity index (χ4n) is 0.924. The number of aryl methyl sites for hydroxylation is 1. The van der Waals surface area contributed by atoms with Crippen molar-refractivity contribution in [3.8, 4) is 12.1 Å². The number of rotatable bonds is 1. The minimum atomic E-state index is 0.352. The molecule has 0 saturated heterocycles. The van der Waals surface area contributed by atoms with Gasteiger partial charge in [0.05, 0.1) is 12.5 Å². The van der Waals surface area contributed by atoms with E-state index in [1.807, 2.05) is 12.1 Å². The Bertz CT molecular complexity index is 368. The molecule has 1 aromatic rings. The van der Waals surface area contributed by atoms with Crippen LogP contribution in [-0.4, -0.2) is 4.98 Å². The van der Waals surface area contributed by atoms with Crippen molar-refractivity contribution in [2.24, 2.45) is 0 Å². The first kappa shape index (κ1) is 8.23. The lowest BCUT2D eigenvalue weighted by Gasteiger charge is -1.98. The van der Waals surface area contributed by atoms with E-state index in [4.69, 9.17) is 10.5 Å². The van der Waals surface area contributed by atoms with E-state index in [0.29, 0.717) is 12.1 Å². The molecule has 0 aliphatic heterocycles. The lowest BCUT2D eigenvalue weighted by atomic mass is 10.1. The number of nitrogens with zero attached hydrogens (tertiary/aromatic N) is 3. The van der Waals surface area contributed by atoms with Crippen LogP contribution in [-0.2, 0) is 6.42 Å². The minimum absolute atomic E-state index is 0.352. The van der Waals surface area contributed by atoms with Crippen LogP contribution >= 0.6 is 0 Å². The molecule has 0 aromatic carbocycles. The van der Waals surface area contributed by atoms with Crippen molar-refractivity contribution in [1.29, 1.82) is 10.5 Å². The molecule has 0 N–H and O–H groups in total. The van der Waals surface area contributed by atoms with Crippen LogP contribution in [0.25, 0.3) is 0 Å². The van der Waals surface area contributed by atoms with Crippen molar-refractivity contribution in [2.45, 2.75) is 13.3 Å². The number of aromatic nitrogens is 1. The van der Waals surface area contributed by atoms with Crippen LogP contribution < -0.4 is 0 Å². The summed E-state index contributed by atoms with van der Waals surface area (Å²) in [6.07, 6.45) is 0.352. The van der Waals surface area contributed by atoms with E-state index < -0.39 is 0 Å². The Morgan fingerprint density at radius 1 is 1.42 bits per heavy atom. The first-order valence-electron chi connectivity index (χ1n) is 3.51. The van der Waals surface area contributed by atoms with Crippen LogP contribution in [0.3, 0.4) is 0 Å². The Labute approximate surface area is 70.9 Å². The van der Waals surface area contributed by atoms with E-state index in [0.717, 1.165) is 11.3 Å². The Balaban J connectivity index is 3.07. The second kappa shape index (κ2) is 3.50. The van der Waals surface area contributed by atoms with E-state index in [9.17, 15) is 0 Å². The molecule has 0 radical (unpaired) electrons. The first-order chi connectivity index (χ1) is 5.77. The third-order valence-corrected chi connectivity index (χ3v) is 1.58. The molecule has 0 unspecified atom stereocenters. The lowest BCUT2D eigenvalue weighted by molar-refractivity contribution is 1.09. The molecule has 58 valence electrons. The van der Waals surface area contributed by atoms with Gasteiger partial charge in [-0.05, 0) is 18.6 Å². The molecule has 1 aromatic heterocycles. The zero-order valence-electron chi connectivity index (χ0n) is 6.70. The summed E-state index contributed by atoms with van der Waals surface area (Å²) >= 11 is 0. The van der Waals surface area contributed by atoms with Crippen molar-refractivity contribution in [1.82, 2.24) is 4.98 Å². The molecular formula is C9H7N3. The second-order valence-electron chi connectivity index (χ2n) is 2.39. The van der Waals surface area contributed by atoms with E-state index in [-0.39, 0.29) is 0 Å². The van der Waals surface area contributed by atoms with Crippen molar-refractivity contribution in [3.05, 3.63) is 29.1 Å². The fraction of sp³-hybridized carbons (Fsp3) is 0.222. The van der Waals surface area contributed by atoms with Crippen molar-refractivity contribution in [2.75, 3.05) is 0 Å². The van der Waals surface area contributed by atoms with Gasteiger partial charge in [-0.3, -0.25) is 0 Å². The number of hydrogen-bond acceptors (Lipinski definition) is 3. The highest BCUT2D eigenvalue weighted by molar-refractivity contribution is 5.29. The molecule has 0 fully saturated rings. The van der Waals surface area contributed by atoms with Gasteiger partial charge in [-0.1, -0.05) is 6.07 Å². The highest BCUT2D eigenvalue weighted by atomic mass is 14.7. The minimum Gasteiger partial charge on any atom is -0.242 e. The first-order valence-corrected chi connectivity index (χ1v) is 3.51. The van der Waals surface area contributed by atoms with E-state index in [2.05, 4.69) is 4.98 Å². The molecule has 3 nitrogen and oxygen atoms in total. The van der Waals surface area contributed by atoms with Gasteiger partial charge >= 0.3 is 0 Å². The van der Waals surface area contributed by atoms with Gasteiger partial charge in [-0.2, -0.15) is 10.5 Å². The van der Waals surface area contributed by atoms with Gasteiger partial charge in [0.2, 0.25) is 0 Å². The second-order valence-corrected chi connectivity index (χ2v) is 2.39. The summed E-state index contributed by atoms with van der Waals surface area (Å²) in [5, 5.41) is 16.9. The van der Waals surface area contributed by atoms with Gasteiger partial charge in [0.25, 0.3) is 0 Å². The summed E-state index contributed by atoms with van der Waals surface area (Å²) in [5.74, 6) is 0. The summed E-state index contributed by atoms with van der Waals surface area (Å²) in [7, 11) is 0. The van der Waals surface area contributed by atoms with Crippen LogP contribution in [0.2, 0.25) is 0 Å². The van der Waals surface area contributed by atoms with Crippen molar-refractivity contribution < 1.29 is 0 Å². The third-order valence-electron chi connectivity index (χ3n) is 1.58. The van der Waals surface area contributed by atoms with E-state index in [1.54, 1.807) is 19.1 Å². The predicted octanol–water partition coefficient (Wildman–Crippen LogP) is 1.33. The third kappa shape index (κ3) is 1.59. The van der Waals surface area contributed by atoms with Gasteiger partial charge in [0.1, 0.15) is 11.8 Å². The van der Waals surface area contributed by atoms with Gasteiger partial charge in [0.15, 0.2) is 0 Å². The Morgan fingerprint density at radius 3 is 2.67 bits per heavy atom. The van der Waals surface area contributed by atoms with Gasteiger partial charge < -0.3 is 0 Å². The Hall–Kier alpha value is -1.87. The molecule has 0 amide bonds. The Morgan fingerprint density at radius 2 is 2.17 bits per heavy atom. The maximum absolute atomic E-state index is 8.51. The van der Waals surface area contributed by atoms with Gasteiger partial charge in [-0.25, -0.2) is 4.98 Å². The number of hydrogen-bond donors (Lipinski definition) is 0. The highest BCUT2D eigenvalue weighted by Gasteiger charge is 1.99. The zero-order chi connectivity index (χ0) is 8.97. The summed E-state index contributed by atoms with van der Waals surface area (Å²) in [5.41, 5.74) is 2.04. The summed E-state index contributed by atoms with van der Waals surface area (Å²) < 4.78 is 0. The molecule has 1 rings (SSSR count). The molecular weight excluding hydrogens is 150 g/mol. The normalized spacial score (nSPS) is 8.58. The summed E-state index contributed by atoms with van der Waals surface area (Å²) in [4.78, 5) is 4.00. The predicted molar refractivity (Wildman–Crippen MR) is 43.0 cm³/mol. The van der Waals surface area contributed by atoms with Crippen molar-refractivity contribution in [3.63, 3.8) is 0 Å². The molecule has 0 saturated carbocycles. The van der Waals surface area contributed by atoms with Crippen molar-refractivity contribution >= 4 is 0 Å². The largest absolute Gasteiger partial charge is 0.242 e. The average molecular weight is 157 g/mol. The quantitative estimate of drug-likeness (QED) is 0.617. The molecule has 0 bridgehead atoms. The van der Waals surface area contributed by atoms with Crippen LogP contribution in [0.5, 0.6) is 0 Å². The van der Waals surface area contributed by atoms with E-state index in [1.165, 1.54) is 0 Å². The van der Waals surface area contributed by atoms with Crippen LogP contribution in [0.4, 0.5) is 0 Å². The molecule has 0 aliphatic carbocycles. The molecule has 12 heavy (non-hydrogen) atoms. The topological polar surface area (TPSA) is 60.5 Å². The maximum atomic E-state index is 8.51. The van der Waals surface area contributed by atoms with E-state index >= 15 is 0 Å². The monoisotopic (exact) mass is 157 g/mol. The van der Waals surface area contributed by atoms with Crippen LogP contribution in [0.1, 0.15) is 17.0 Å². The van der Waals surface area contributed by atoms with Crippen LogP contribution in [0.15, 0.2) is 12.1 Å². The van der Waals surface area contributed by atoms with Gasteiger partial charge in [0, 0.05) is 5.69 Å². The van der Waals surface area contributed by atoms with Gasteiger partial charge in [-0.15, -0.1) is 0 Å². The highest BCUT2D eigenvalue weighted by Crippen LogP contribution is 2.06. The fourth-order valence-corrected chi connectivity index (χ4v) is 0.924. The summed E-state index contributed by atoms with van der Waals surface area (Å²) in [6.45, 7) is 1.80. The zero-order valence-corrected chi connectivity index (χ0v) is 6.70. The van der Waals surface area contributed by atoms with Crippen LogP contribution in [0, 0.1) is 29.6 Å². The lowest BCUT2D eigenvalue weighted by Crippen LogP contribution is -1.93. The summed E-state index contributed by atoms with van der Waals surface area (Å²) in [6, 6.07) is 7.38. The standard InChI is InChI=1S/C9H7N3/c1-7-8(4-5-10)2-3-9(6-11)12-7/h2-3H,4H2,1H3. The number of pyridine rings is 1. The SMILES string of the molecule is Cc1nc(C#N)ccc1CC#N. The Kier molecular flexibility index (Phi) is 2.40. The smallest absolute Gasteiger partial charge is 0.140 e. The molecule has 0 spiro atoms. The number of nitriles is 2. The molecule has 1 heterocycles. The molecule has 3 heteroatoms. The molecule has 0 aliphatic rings. The average Bonchev–Trinajstić information content (AvgIpc) is 2.09. The molecule has 0 atom stereocenters. The maximum Gasteiger partial charge on any atom is 0.140 e.